The van der Waals surface area contributed by atoms with Crippen LogP contribution in [0.1, 0.15) is 10.4 Å². The highest BCUT2D eigenvalue weighted by Crippen LogP contribution is 2.24. The van der Waals surface area contributed by atoms with Crippen LogP contribution in [-0.2, 0) is 0 Å². The minimum absolute atomic E-state index is 0.0927. The van der Waals surface area contributed by atoms with E-state index in [0.717, 1.165) is 12.1 Å². The molecule has 2 rings (SSSR count). The van der Waals surface area contributed by atoms with Crippen molar-refractivity contribution in [2.75, 3.05) is 18.2 Å². The largest absolute Gasteiger partial charge is 0.496 e. The lowest BCUT2D eigenvalue weighted by Gasteiger charge is -2.11. The van der Waals surface area contributed by atoms with Gasteiger partial charge in [0, 0.05) is 5.69 Å². The summed E-state index contributed by atoms with van der Waals surface area (Å²) in [6.07, 6.45) is 0. The maximum atomic E-state index is 13.5. The fourth-order valence-corrected chi connectivity index (χ4v) is 1.70. The number of benzene rings is 2. The highest BCUT2D eigenvalue weighted by Gasteiger charge is 2.17. The molecule has 20 heavy (non-hydrogen) atoms. The van der Waals surface area contributed by atoms with Gasteiger partial charge in [0.05, 0.1) is 12.7 Å². The van der Waals surface area contributed by atoms with Crippen molar-refractivity contribution < 1.29 is 18.3 Å². The van der Waals surface area contributed by atoms with E-state index in [9.17, 15) is 13.6 Å². The number of anilines is 2. The Hall–Kier alpha value is -2.63. The number of nitrogen functional groups attached to an aromatic ring is 1. The summed E-state index contributed by atoms with van der Waals surface area (Å²) in [6, 6.07) is 7.74. The third-order valence-corrected chi connectivity index (χ3v) is 2.67. The average molecular weight is 278 g/mol. The second-order valence-corrected chi connectivity index (χ2v) is 4.01. The number of hydrogen-bond acceptors (Lipinski definition) is 3. The molecule has 0 fully saturated rings. The number of carbonyl (C=O) groups is 1. The molecular formula is C14H12F2N2O2. The summed E-state index contributed by atoms with van der Waals surface area (Å²) in [7, 11) is 1.38. The van der Waals surface area contributed by atoms with E-state index < -0.39 is 23.2 Å². The highest BCUT2D eigenvalue weighted by atomic mass is 19.1. The van der Waals surface area contributed by atoms with E-state index in [1.165, 1.54) is 25.3 Å². The van der Waals surface area contributed by atoms with Crippen molar-refractivity contribution in [1.82, 2.24) is 0 Å². The molecule has 6 heteroatoms. The highest BCUT2D eigenvalue weighted by molar-refractivity contribution is 6.06. The van der Waals surface area contributed by atoms with Crippen molar-refractivity contribution in [3.63, 3.8) is 0 Å². The standard InChI is InChI=1S/C14H12F2N2O2/c1-20-12-6-5-8(17)7-9(12)14(19)18-13-10(15)3-2-4-11(13)16/h2-7H,17H2,1H3,(H,18,19). The number of nitrogens with one attached hydrogen (secondary N) is 1. The first-order valence-corrected chi connectivity index (χ1v) is 5.72. The summed E-state index contributed by atoms with van der Waals surface area (Å²) >= 11 is 0. The van der Waals surface area contributed by atoms with Gasteiger partial charge in [-0.1, -0.05) is 6.07 Å². The molecule has 0 radical (unpaired) electrons. The molecule has 0 aromatic heterocycles. The molecule has 104 valence electrons. The number of halogens is 2. The van der Waals surface area contributed by atoms with Crippen molar-refractivity contribution in [2.24, 2.45) is 0 Å². The van der Waals surface area contributed by atoms with Crippen LogP contribution in [0.4, 0.5) is 20.2 Å². The molecule has 2 aromatic carbocycles. The van der Waals surface area contributed by atoms with Crippen LogP contribution in [0.25, 0.3) is 0 Å². The molecule has 0 saturated heterocycles. The fourth-order valence-electron chi connectivity index (χ4n) is 1.70. The van der Waals surface area contributed by atoms with Crippen LogP contribution in [0.15, 0.2) is 36.4 Å². The van der Waals surface area contributed by atoms with Crippen molar-refractivity contribution in [3.8, 4) is 5.75 Å². The number of rotatable bonds is 3. The number of methoxy groups -OCH3 is 1. The molecular weight excluding hydrogens is 266 g/mol. The predicted molar refractivity (Wildman–Crippen MR) is 71.7 cm³/mol. The quantitative estimate of drug-likeness (QED) is 0.848. The Kier molecular flexibility index (Phi) is 3.84. The summed E-state index contributed by atoms with van der Waals surface area (Å²) in [5, 5.41) is 2.17. The monoisotopic (exact) mass is 278 g/mol. The SMILES string of the molecule is COc1ccc(N)cc1C(=O)Nc1c(F)cccc1F. The summed E-state index contributed by atoms with van der Waals surface area (Å²) < 4.78 is 32.0. The zero-order chi connectivity index (χ0) is 14.7. The predicted octanol–water partition coefficient (Wildman–Crippen LogP) is 2.81. The molecule has 0 heterocycles. The third-order valence-electron chi connectivity index (χ3n) is 2.67. The Labute approximate surface area is 114 Å². The lowest BCUT2D eigenvalue weighted by molar-refractivity contribution is 0.102. The zero-order valence-electron chi connectivity index (χ0n) is 10.6. The van der Waals surface area contributed by atoms with Gasteiger partial charge in [-0.25, -0.2) is 8.78 Å². The number of amides is 1. The van der Waals surface area contributed by atoms with Crippen LogP contribution in [0.5, 0.6) is 5.75 Å². The van der Waals surface area contributed by atoms with Gasteiger partial charge in [-0.3, -0.25) is 4.79 Å². The number of hydrogen-bond donors (Lipinski definition) is 2. The maximum absolute atomic E-state index is 13.5. The summed E-state index contributed by atoms with van der Waals surface area (Å²) in [5.41, 5.74) is 5.51. The van der Waals surface area contributed by atoms with Gasteiger partial charge in [0.1, 0.15) is 23.1 Å². The molecule has 0 aliphatic heterocycles. The van der Waals surface area contributed by atoms with Gasteiger partial charge < -0.3 is 15.8 Å². The van der Waals surface area contributed by atoms with E-state index >= 15 is 0 Å². The van der Waals surface area contributed by atoms with Crippen LogP contribution in [0.3, 0.4) is 0 Å². The minimum atomic E-state index is -0.860. The van der Waals surface area contributed by atoms with E-state index in [0.29, 0.717) is 5.69 Å². The smallest absolute Gasteiger partial charge is 0.259 e. The molecule has 0 spiro atoms. The first kappa shape index (κ1) is 13.8. The Bertz CT molecular complexity index is 639. The van der Waals surface area contributed by atoms with Gasteiger partial charge in [0.15, 0.2) is 0 Å². The molecule has 0 aliphatic rings. The van der Waals surface area contributed by atoms with Gasteiger partial charge in [0.25, 0.3) is 5.91 Å². The third kappa shape index (κ3) is 2.69. The summed E-state index contributed by atoms with van der Waals surface area (Å²) in [4.78, 5) is 12.1. The Morgan fingerprint density at radius 3 is 2.45 bits per heavy atom. The Balaban J connectivity index is 2.35. The van der Waals surface area contributed by atoms with E-state index in [1.54, 1.807) is 6.07 Å². The van der Waals surface area contributed by atoms with Crippen molar-refractivity contribution >= 4 is 17.3 Å². The topological polar surface area (TPSA) is 64.3 Å². The number of carbonyl (C=O) groups excluding carboxylic acids is 1. The van der Waals surface area contributed by atoms with E-state index in [-0.39, 0.29) is 11.3 Å². The van der Waals surface area contributed by atoms with Crippen LogP contribution >= 0.6 is 0 Å². The normalized spacial score (nSPS) is 10.2. The lowest BCUT2D eigenvalue weighted by atomic mass is 10.1. The van der Waals surface area contributed by atoms with Crippen molar-refractivity contribution in [3.05, 3.63) is 53.6 Å². The van der Waals surface area contributed by atoms with Gasteiger partial charge >= 0.3 is 0 Å². The molecule has 2 aromatic rings. The molecule has 0 aliphatic carbocycles. The van der Waals surface area contributed by atoms with Crippen LogP contribution in [0, 0.1) is 11.6 Å². The van der Waals surface area contributed by atoms with Gasteiger partial charge in [-0.15, -0.1) is 0 Å². The van der Waals surface area contributed by atoms with Gasteiger partial charge in [-0.2, -0.15) is 0 Å². The Morgan fingerprint density at radius 1 is 1.20 bits per heavy atom. The Morgan fingerprint density at radius 2 is 1.85 bits per heavy atom. The molecule has 3 N–H and O–H groups in total. The van der Waals surface area contributed by atoms with Crippen molar-refractivity contribution in [2.45, 2.75) is 0 Å². The second kappa shape index (κ2) is 5.56. The minimum Gasteiger partial charge on any atom is -0.496 e. The van der Waals surface area contributed by atoms with Crippen LogP contribution in [0.2, 0.25) is 0 Å². The number of para-hydroxylation sites is 1. The van der Waals surface area contributed by atoms with Crippen LogP contribution in [-0.4, -0.2) is 13.0 Å². The molecule has 0 atom stereocenters. The first-order valence-electron chi connectivity index (χ1n) is 5.72. The second-order valence-electron chi connectivity index (χ2n) is 4.01. The van der Waals surface area contributed by atoms with Gasteiger partial charge in [-0.05, 0) is 30.3 Å². The first-order chi connectivity index (χ1) is 9.52. The molecule has 0 bridgehead atoms. The number of nitrogens with two attached hydrogens (primary N) is 1. The molecule has 4 nitrogen and oxygen atoms in total. The maximum Gasteiger partial charge on any atom is 0.259 e. The van der Waals surface area contributed by atoms with E-state index in [1.807, 2.05) is 0 Å². The van der Waals surface area contributed by atoms with E-state index in [4.69, 9.17) is 10.5 Å². The van der Waals surface area contributed by atoms with Crippen LogP contribution < -0.4 is 15.8 Å². The summed E-state index contributed by atoms with van der Waals surface area (Å²) in [6.45, 7) is 0. The molecule has 1 amide bonds. The van der Waals surface area contributed by atoms with Crippen molar-refractivity contribution in [1.29, 1.82) is 0 Å². The van der Waals surface area contributed by atoms with E-state index in [2.05, 4.69) is 5.32 Å². The van der Waals surface area contributed by atoms with Gasteiger partial charge in [0.2, 0.25) is 0 Å². The lowest BCUT2D eigenvalue weighted by Crippen LogP contribution is -2.15. The number of ether oxygens (including phenoxy) is 1. The molecule has 0 unspecified atom stereocenters. The average Bonchev–Trinajstić information content (AvgIpc) is 2.43. The summed E-state index contributed by atoms with van der Waals surface area (Å²) in [5.74, 6) is -2.17. The fraction of sp³-hybridized carbons (Fsp3) is 0.0714. The zero-order valence-corrected chi connectivity index (χ0v) is 10.6. The molecule has 0 saturated carbocycles.